The Labute approximate surface area is 203 Å². The Bertz CT molecular complexity index is 1180. The SMILES string of the molecule is CCOC(=O)Oc1ccc(C(=O)NCc2ccc(NC(=O)c3ccc(OC)c(OC)c3)cc2)cc1. The van der Waals surface area contributed by atoms with Gasteiger partial charge in [0.15, 0.2) is 11.5 Å². The van der Waals surface area contributed by atoms with Gasteiger partial charge in [-0.1, -0.05) is 12.1 Å². The van der Waals surface area contributed by atoms with E-state index in [0.717, 1.165) is 5.56 Å². The third-order valence-electron chi connectivity index (χ3n) is 4.89. The Morgan fingerprint density at radius 1 is 0.771 bits per heavy atom. The minimum absolute atomic E-state index is 0.213. The lowest BCUT2D eigenvalue weighted by atomic mass is 10.1. The van der Waals surface area contributed by atoms with Gasteiger partial charge in [0.25, 0.3) is 11.8 Å². The van der Waals surface area contributed by atoms with Crippen molar-refractivity contribution in [2.75, 3.05) is 26.1 Å². The normalized spacial score (nSPS) is 10.1. The molecule has 0 aromatic heterocycles. The van der Waals surface area contributed by atoms with Gasteiger partial charge in [-0.3, -0.25) is 9.59 Å². The summed E-state index contributed by atoms with van der Waals surface area (Å²) in [4.78, 5) is 36.3. The maximum Gasteiger partial charge on any atom is 0.513 e. The number of anilines is 1. The van der Waals surface area contributed by atoms with E-state index < -0.39 is 6.16 Å². The molecule has 3 aromatic rings. The number of carbonyl (C=O) groups is 3. The quantitative estimate of drug-likeness (QED) is 0.346. The molecule has 3 rings (SSSR count). The molecule has 0 heterocycles. The van der Waals surface area contributed by atoms with Crippen molar-refractivity contribution in [3.8, 4) is 17.2 Å². The molecular weight excluding hydrogens is 452 g/mol. The van der Waals surface area contributed by atoms with Crippen molar-refractivity contribution in [3.63, 3.8) is 0 Å². The number of hydrogen-bond acceptors (Lipinski definition) is 7. The molecule has 0 aliphatic rings. The maximum atomic E-state index is 12.6. The highest BCUT2D eigenvalue weighted by Crippen LogP contribution is 2.28. The first-order chi connectivity index (χ1) is 16.9. The van der Waals surface area contributed by atoms with Crippen molar-refractivity contribution in [2.24, 2.45) is 0 Å². The number of methoxy groups -OCH3 is 2. The highest BCUT2D eigenvalue weighted by Gasteiger charge is 2.12. The van der Waals surface area contributed by atoms with Gasteiger partial charge in [0.2, 0.25) is 0 Å². The summed E-state index contributed by atoms with van der Waals surface area (Å²) < 4.78 is 20.1. The molecule has 0 saturated carbocycles. The molecule has 0 unspecified atom stereocenters. The molecule has 0 spiro atoms. The van der Waals surface area contributed by atoms with Crippen molar-refractivity contribution < 1.29 is 33.3 Å². The smallest absolute Gasteiger partial charge is 0.493 e. The van der Waals surface area contributed by atoms with Crippen LogP contribution in [0.4, 0.5) is 10.5 Å². The van der Waals surface area contributed by atoms with E-state index in [1.165, 1.54) is 26.4 Å². The van der Waals surface area contributed by atoms with Gasteiger partial charge < -0.3 is 29.6 Å². The highest BCUT2D eigenvalue weighted by molar-refractivity contribution is 6.04. The van der Waals surface area contributed by atoms with E-state index >= 15 is 0 Å². The molecule has 2 N–H and O–H groups in total. The van der Waals surface area contributed by atoms with Crippen molar-refractivity contribution >= 4 is 23.7 Å². The first kappa shape index (κ1) is 25.1. The zero-order chi connectivity index (χ0) is 25.2. The zero-order valence-corrected chi connectivity index (χ0v) is 19.6. The van der Waals surface area contributed by atoms with E-state index in [4.69, 9.17) is 18.9 Å². The summed E-state index contributed by atoms with van der Waals surface area (Å²) in [5.41, 5.74) is 2.31. The molecule has 0 aliphatic carbocycles. The minimum atomic E-state index is -0.798. The Morgan fingerprint density at radius 2 is 1.43 bits per heavy atom. The van der Waals surface area contributed by atoms with Gasteiger partial charge in [0.1, 0.15) is 5.75 Å². The molecule has 0 atom stereocenters. The Hall–Kier alpha value is -4.53. The first-order valence-corrected chi connectivity index (χ1v) is 10.8. The van der Waals surface area contributed by atoms with Gasteiger partial charge in [0.05, 0.1) is 20.8 Å². The number of carbonyl (C=O) groups excluding carboxylic acids is 3. The molecule has 0 fully saturated rings. The second kappa shape index (κ2) is 12.1. The molecule has 2 amide bonds. The molecule has 9 heteroatoms. The summed E-state index contributed by atoms with van der Waals surface area (Å²) in [5, 5.41) is 5.64. The fourth-order valence-corrected chi connectivity index (χ4v) is 3.09. The van der Waals surface area contributed by atoms with Crippen LogP contribution in [0.2, 0.25) is 0 Å². The number of nitrogens with one attached hydrogen (secondary N) is 2. The van der Waals surface area contributed by atoms with Crippen LogP contribution in [-0.2, 0) is 11.3 Å². The first-order valence-electron chi connectivity index (χ1n) is 10.8. The van der Waals surface area contributed by atoms with Crippen LogP contribution in [0.1, 0.15) is 33.2 Å². The van der Waals surface area contributed by atoms with Crippen LogP contribution >= 0.6 is 0 Å². The predicted molar refractivity (Wildman–Crippen MR) is 129 cm³/mol. The molecule has 3 aromatic carbocycles. The van der Waals surface area contributed by atoms with Crippen molar-refractivity contribution in [2.45, 2.75) is 13.5 Å². The molecule has 0 radical (unpaired) electrons. The van der Waals surface area contributed by atoms with E-state index in [1.54, 1.807) is 61.5 Å². The number of benzene rings is 3. The van der Waals surface area contributed by atoms with E-state index in [-0.39, 0.29) is 24.2 Å². The zero-order valence-electron chi connectivity index (χ0n) is 19.6. The Morgan fingerprint density at radius 3 is 2.06 bits per heavy atom. The van der Waals surface area contributed by atoms with Crippen LogP contribution in [0.3, 0.4) is 0 Å². The van der Waals surface area contributed by atoms with Gasteiger partial charge >= 0.3 is 6.16 Å². The van der Waals surface area contributed by atoms with Crippen molar-refractivity contribution in [3.05, 3.63) is 83.4 Å². The lowest BCUT2D eigenvalue weighted by Gasteiger charge is -2.11. The summed E-state index contributed by atoms with van der Waals surface area (Å²) >= 11 is 0. The standard InChI is InChI=1S/C26H26N2O7/c1-4-34-26(31)35-21-12-7-18(8-13-21)24(29)27-16-17-5-10-20(11-6-17)28-25(30)19-9-14-22(32-2)23(15-19)33-3/h5-15H,4,16H2,1-3H3,(H,27,29)(H,28,30). The van der Waals surface area contributed by atoms with Gasteiger partial charge in [-0.05, 0) is 67.1 Å². The predicted octanol–water partition coefficient (Wildman–Crippen LogP) is 4.42. The maximum absolute atomic E-state index is 12.6. The Balaban J connectivity index is 1.52. The summed E-state index contributed by atoms with van der Waals surface area (Å²) in [7, 11) is 3.04. The number of rotatable bonds is 9. The second-order valence-electron chi connectivity index (χ2n) is 7.21. The third kappa shape index (κ3) is 6.97. The molecule has 9 nitrogen and oxygen atoms in total. The number of hydrogen-bond donors (Lipinski definition) is 2. The summed E-state index contributed by atoms with van der Waals surface area (Å²) in [6.45, 7) is 2.19. The van der Waals surface area contributed by atoms with E-state index in [9.17, 15) is 14.4 Å². The number of ether oxygens (including phenoxy) is 4. The van der Waals surface area contributed by atoms with Crippen LogP contribution in [-0.4, -0.2) is 38.8 Å². The van der Waals surface area contributed by atoms with Gasteiger partial charge in [-0.15, -0.1) is 0 Å². The fraction of sp³-hybridized carbons (Fsp3) is 0.192. The van der Waals surface area contributed by atoms with Crippen molar-refractivity contribution in [1.29, 1.82) is 0 Å². The molecule has 0 bridgehead atoms. The van der Waals surface area contributed by atoms with Gasteiger partial charge in [-0.25, -0.2) is 4.79 Å². The molecule has 0 saturated heterocycles. The molecule has 0 aliphatic heterocycles. The average Bonchev–Trinajstić information content (AvgIpc) is 2.88. The average molecular weight is 479 g/mol. The van der Waals surface area contributed by atoms with E-state index in [0.29, 0.717) is 34.9 Å². The topological polar surface area (TPSA) is 112 Å². The van der Waals surface area contributed by atoms with Crippen LogP contribution in [0.5, 0.6) is 17.2 Å². The van der Waals surface area contributed by atoms with Crippen LogP contribution < -0.4 is 24.8 Å². The van der Waals surface area contributed by atoms with Gasteiger partial charge in [0, 0.05) is 23.4 Å². The highest BCUT2D eigenvalue weighted by atomic mass is 16.7. The molecule has 182 valence electrons. The second-order valence-corrected chi connectivity index (χ2v) is 7.21. The van der Waals surface area contributed by atoms with Crippen LogP contribution in [0.25, 0.3) is 0 Å². The third-order valence-corrected chi connectivity index (χ3v) is 4.89. The van der Waals surface area contributed by atoms with Gasteiger partial charge in [-0.2, -0.15) is 0 Å². The lowest BCUT2D eigenvalue weighted by molar-refractivity contribution is 0.0950. The monoisotopic (exact) mass is 478 g/mol. The lowest BCUT2D eigenvalue weighted by Crippen LogP contribution is -2.22. The summed E-state index contributed by atoms with van der Waals surface area (Å²) in [5.74, 6) is 0.718. The summed E-state index contributed by atoms with van der Waals surface area (Å²) in [6.07, 6.45) is -0.798. The van der Waals surface area contributed by atoms with E-state index in [2.05, 4.69) is 10.6 Å². The number of amides is 2. The van der Waals surface area contributed by atoms with Crippen LogP contribution in [0.15, 0.2) is 66.7 Å². The van der Waals surface area contributed by atoms with Crippen molar-refractivity contribution in [1.82, 2.24) is 5.32 Å². The van der Waals surface area contributed by atoms with Crippen LogP contribution in [0, 0.1) is 0 Å². The Kier molecular flexibility index (Phi) is 8.66. The largest absolute Gasteiger partial charge is 0.513 e. The summed E-state index contributed by atoms with van der Waals surface area (Å²) in [6, 6.07) is 18.2. The molecular formula is C26H26N2O7. The molecule has 35 heavy (non-hydrogen) atoms. The minimum Gasteiger partial charge on any atom is -0.493 e. The van der Waals surface area contributed by atoms with E-state index in [1.807, 2.05) is 0 Å². The fourth-order valence-electron chi connectivity index (χ4n) is 3.09.